The van der Waals surface area contributed by atoms with Crippen LogP contribution in [0.25, 0.3) is 0 Å². The minimum atomic E-state index is 0.335. The quantitative estimate of drug-likeness (QED) is 0.882. The number of likely N-dealkylation sites (tertiary alicyclic amines) is 1. The van der Waals surface area contributed by atoms with Gasteiger partial charge in [-0.25, -0.2) is 4.98 Å². The molecule has 25 heavy (non-hydrogen) atoms. The first-order chi connectivity index (χ1) is 12.3. The Morgan fingerprint density at radius 2 is 1.92 bits per heavy atom. The molecule has 4 rings (SSSR count). The standard InChI is InChI=1S/C19H29N5O/c25-19(24-10-6-16-4-5-17(15-24)21-16)7-9-22-11-13-23(14-12-22)18-3-1-2-8-20-18/h1-3,8,16-17,21H,4-7,9-15H2. The van der Waals surface area contributed by atoms with Gasteiger partial charge < -0.3 is 15.1 Å². The first-order valence-corrected chi connectivity index (χ1v) is 9.70. The Balaban J connectivity index is 1.21. The summed E-state index contributed by atoms with van der Waals surface area (Å²) in [5.41, 5.74) is 0. The Bertz CT molecular complexity index is 572. The van der Waals surface area contributed by atoms with Crippen LogP contribution in [0, 0.1) is 0 Å². The van der Waals surface area contributed by atoms with E-state index >= 15 is 0 Å². The van der Waals surface area contributed by atoms with Crippen LogP contribution in [-0.4, -0.2) is 78.6 Å². The SMILES string of the molecule is O=C(CCN1CCN(c2ccccn2)CC1)N1CCC2CCC(C1)N2. The molecule has 1 N–H and O–H groups in total. The lowest BCUT2D eigenvalue weighted by Gasteiger charge is -2.35. The van der Waals surface area contributed by atoms with Gasteiger partial charge in [-0.3, -0.25) is 9.69 Å². The summed E-state index contributed by atoms with van der Waals surface area (Å²) in [6, 6.07) is 7.23. The molecule has 1 amide bonds. The van der Waals surface area contributed by atoms with Crippen LogP contribution in [0.1, 0.15) is 25.7 Å². The van der Waals surface area contributed by atoms with Crippen molar-refractivity contribution >= 4 is 11.7 Å². The lowest BCUT2D eigenvalue weighted by molar-refractivity contribution is -0.131. The molecular weight excluding hydrogens is 314 g/mol. The van der Waals surface area contributed by atoms with Crippen LogP contribution in [0.5, 0.6) is 0 Å². The summed E-state index contributed by atoms with van der Waals surface area (Å²) in [7, 11) is 0. The summed E-state index contributed by atoms with van der Waals surface area (Å²) in [6.45, 7) is 6.72. The van der Waals surface area contributed by atoms with Crippen LogP contribution < -0.4 is 10.2 Å². The van der Waals surface area contributed by atoms with Crippen LogP contribution >= 0.6 is 0 Å². The molecule has 2 atom stereocenters. The van der Waals surface area contributed by atoms with E-state index in [9.17, 15) is 4.79 Å². The van der Waals surface area contributed by atoms with Gasteiger partial charge in [0.15, 0.2) is 0 Å². The maximum absolute atomic E-state index is 12.6. The van der Waals surface area contributed by atoms with Crippen molar-refractivity contribution in [1.82, 2.24) is 20.1 Å². The van der Waals surface area contributed by atoms with Crippen molar-refractivity contribution < 1.29 is 4.79 Å². The van der Waals surface area contributed by atoms with Gasteiger partial charge in [-0.15, -0.1) is 0 Å². The summed E-state index contributed by atoms with van der Waals surface area (Å²) in [5.74, 6) is 1.40. The van der Waals surface area contributed by atoms with Gasteiger partial charge in [-0.2, -0.15) is 0 Å². The molecule has 3 fully saturated rings. The highest BCUT2D eigenvalue weighted by molar-refractivity contribution is 5.76. The van der Waals surface area contributed by atoms with E-state index in [1.54, 1.807) is 0 Å². The van der Waals surface area contributed by atoms with Gasteiger partial charge in [-0.05, 0) is 31.4 Å². The number of piperazine rings is 1. The number of nitrogens with zero attached hydrogens (tertiary/aromatic N) is 4. The minimum absolute atomic E-state index is 0.335. The van der Waals surface area contributed by atoms with Crippen molar-refractivity contribution in [2.45, 2.75) is 37.8 Å². The molecule has 6 nitrogen and oxygen atoms in total. The Labute approximate surface area is 150 Å². The zero-order valence-corrected chi connectivity index (χ0v) is 14.9. The summed E-state index contributed by atoms with van der Waals surface area (Å²) >= 11 is 0. The maximum Gasteiger partial charge on any atom is 0.223 e. The molecule has 6 heteroatoms. The number of pyridine rings is 1. The van der Waals surface area contributed by atoms with Crippen LogP contribution in [0.15, 0.2) is 24.4 Å². The number of hydrogen-bond acceptors (Lipinski definition) is 5. The van der Waals surface area contributed by atoms with Crippen LogP contribution in [0.3, 0.4) is 0 Å². The number of nitrogens with one attached hydrogen (secondary N) is 1. The smallest absolute Gasteiger partial charge is 0.223 e. The predicted molar refractivity (Wildman–Crippen MR) is 98.6 cm³/mol. The third-order valence-electron chi connectivity index (χ3n) is 5.86. The highest BCUT2D eigenvalue weighted by atomic mass is 16.2. The number of rotatable bonds is 4. The maximum atomic E-state index is 12.6. The monoisotopic (exact) mass is 343 g/mol. The van der Waals surface area contributed by atoms with E-state index in [4.69, 9.17) is 0 Å². The largest absolute Gasteiger partial charge is 0.354 e. The van der Waals surface area contributed by atoms with Gasteiger partial charge in [0.05, 0.1) is 0 Å². The molecule has 4 heterocycles. The third-order valence-corrected chi connectivity index (χ3v) is 5.86. The molecule has 2 unspecified atom stereocenters. The molecule has 0 aromatic carbocycles. The number of hydrogen-bond donors (Lipinski definition) is 1. The number of aromatic nitrogens is 1. The fourth-order valence-electron chi connectivity index (χ4n) is 4.32. The third kappa shape index (κ3) is 4.12. The molecule has 3 aliphatic rings. The first kappa shape index (κ1) is 16.8. The molecule has 0 aliphatic carbocycles. The van der Waals surface area contributed by atoms with E-state index in [0.717, 1.165) is 58.1 Å². The van der Waals surface area contributed by atoms with E-state index in [1.165, 1.54) is 12.8 Å². The summed E-state index contributed by atoms with van der Waals surface area (Å²) in [4.78, 5) is 23.9. The second-order valence-electron chi connectivity index (χ2n) is 7.53. The van der Waals surface area contributed by atoms with E-state index < -0.39 is 0 Å². The average Bonchev–Trinajstić information content (AvgIpc) is 2.99. The first-order valence-electron chi connectivity index (χ1n) is 9.70. The molecule has 0 radical (unpaired) electrons. The average molecular weight is 343 g/mol. The summed E-state index contributed by atoms with van der Waals surface area (Å²) < 4.78 is 0. The number of fused-ring (bicyclic) bond motifs is 2. The van der Waals surface area contributed by atoms with Crippen LogP contribution in [0.4, 0.5) is 5.82 Å². The van der Waals surface area contributed by atoms with Crippen LogP contribution in [-0.2, 0) is 4.79 Å². The van der Waals surface area contributed by atoms with Gasteiger partial charge in [0.2, 0.25) is 5.91 Å². The van der Waals surface area contributed by atoms with Crippen molar-refractivity contribution in [3.8, 4) is 0 Å². The van der Waals surface area contributed by atoms with E-state index in [1.807, 2.05) is 18.3 Å². The van der Waals surface area contributed by atoms with E-state index in [2.05, 4.69) is 31.1 Å². The highest BCUT2D eigenvalue weighted by Crippen LogP contribution is 2.21. The summed E-state index contributed by atoms with van der Waals surface area (Å²) in [6.07, 6.45) is 6.13. The van der Waals surface area contributed by atoms with E-state index in [-0.39, 0.29) is 0 Å². The fourth-order valence-corrected chi connectivity index (χ4v) is 4.32. The Morgan fingerprint density at radius 3 is 2.72 bits per heavy atom. The van der Waals surface area contributed by atoms with Gasteiger partial charge in [-0.1, -0.05) is 6.07 Å². The van der Waals surface area contributed by atoms with Crippen LogP contribution in [0.2, 0.25) is 0 Å². The van der Waals surface area contributed by atoms with Crippen molar-refractivity contribution in [2.24, 2.45) is 0 Å². The lowest BCUT2D eigenvalue weighted by atomic mass is 10.1. The molecule has 0 spiro atoms. The predicted octanol–water partition coefficient (Wildman–Crippen LogP) is 0.947. The van der Waals surface area contributed by atoms with Crippen molar-refractivity contribution in [1.29, 1.82) is 0 Å². The van der Waals surface area contributed by atoms with Crippen molar-refractivity contribution in [2.75, 3.05) is 50.7 Å². The molecular formula is C19H29N5O. The number of anilines is 1. The van der Waals surface area contributed by atoms with E-state index in [0.29, 0.717) is 24.4 Å². The lowest BCUT2D eigenvalue weighted by Crippen LogP contribution is -2.48. The molecule has 1 aromatic heterocycles. The van der Waals surface area contributed by atoms with Crippen molar-refractivity contribution in [3.63, 3.8) is 0 Å². The Kier molecular flexibility index (Phi) is 5.17. The molecule has 3 saturated heterocycles. The van der Waals surface area contributed by atoms with Gasteiger partial charge in [0.25, 0.3) is 0 Å². The number of carbonyl (C=O) groups excluding carboxylic acids is 1. The zero-order chi connectivity index (χ0) is 17.1. The zero-order valence-electron chi connectivity index (χ0n) is 14.9. The van der Waals surface area contributed by atoms with Gasteiger partial charge >= 0.3 is 0 Å². The number of amides is 1. The van der Waals surface area contributed by atoms with Gasteiger partial charge in [0.1, 0.15) is 5.82 Å². The highest BCUT2D eigenvalue weighted by Gasteiger charge is 2.31. The second kappa shape index (κ2) is 7.70. The normalized spacial score (nSPS) is 27.4. The van der Waals surface area contributed by atoms with Crippen molar-refractivity contribution in [3.05, 3.63) is 24.4 Å². The van der Waals surface area contributed by atoms with Gasteiger partial charge in [0, 0.05) is 70.5 Å². The Morgan fingerprint density at radius 1 is 1.08 bits per heavy atom. The topological polar surface area (TPSA) is 51.7 Å². The second-order valence-corrected chi connectivity index (χ2v) is 7.53. The molecule has 136 valence electrons. The molecule has 2 bridgehead atoms. The molecule has 1 aromatic rings. The molecule has 3 aliphatic heterocycles. The fraction of sp³-hybridized carbons (Fsp3) is 0.684. The minimum Gasteiger partial charge on any atom is -0.354 e. The number of carbonyl (C=O) groups is 1. The molecule has 0 saturated carbocycles. The summed E-state index contributed by atoms with van der Waals surface area (Å²) in [5, 5.41) is 3.65. The Hall–Kier alpha value is -1.66.